The summed E-state index contributed by atoms with van der Waals surface area (Å²) in [6.45, 7) is 7.59. The molecule has 3 aliphatic heterocycles. The van der Waals surface area contributed by atoms with Crippen molar-refractivity contribution in [3.05, 3.63) is 36.4 Å². The van der Waals surface area contributed by atoms with E-state index in [1.807, 2.05) is 0 Å². The Bertz CT molecular complexity index is 1010. The predicted octanol–water partition coefficient (Wildman–Crippen LogP) is 2.61. The Hall–Kier alpha value is -2.42. The van der Waals surface area contributed by atoms with E-state index in [4.69, 9.17) is 14.7 Å². The molecular weight excluding hydrogens is 402 g/mol. The Balaban J connectivity index is 1.23. The standard InChI is InChI=1S/C24H33N7O/c1-2-7-19(8-3-1)22-27-23-25-17-29(12-6-11-28-13-15-32-16-14-28)18-30(23)24-26-20-9-4-5-10-21(20)31(22)24/h1-2,4-5,9-10,19,22H,3,6-8,11-18H2,(H,25,27). The van der Waals surface area contributed by atoms with Crippen LogP contribution in [-0.2, 0) is 4.74 Å². The highest BCUT2D eigenvalue weighted by atomic mass is 16.5. The highest BCUT2D eigenvalue weighted by Gasteiger charge is 2.38. The molecule has 6 rings (SSSR count). The molecule has 2 atom stereocenters. The molecule has 0 amide bonds. The van der Waals surface area contributed by atoms with Crippen LogP contribution < -0.4 is 10.2 Å². The fraction of sp³-hybridized carbons (Fsp3) is 0.583. The van der Waals surface area contributed by atoms with Crippen molar-refractivity contribution in [3.63, 3.8) is 0 Å². The van der Waals surface area contributed by atoms with Crippen molar-refractivity contribution in [2.45, 2.75) is 31.8 Å². The van der Waals surface area contributed by atoms with Gasteiger partial charge in [-0.1, -0.05) is 24.3 Å². The van der Waals surface area contributed by atoms with Gasteiger partial charge in [0, 0.05) is 25.6 Å². The molecule has 4 aliphatic rings. The highest BCUT2D eigenvalue weighted by Crippen LogP contribution is 2.37. The predicted molar refractivity (Wildman–Crippen MR) is 127 cm³/mol. The molecule has 170 valence electrons. The highest BCUT2D eigenvalue weighted by molar-refractivity contribution is 5.98. The Morgan fingerprint density at radius 3 is 2.81 bits per heavy atom. The zero-order valence-corrected chi connectivity index (χ0v) is 18.7. The number of imidazole rings is 1. The van der Waals surface area contributed by atoms with Crippen LogP contribution >= 0.6 is 0 Å². The fourth-order valence-corrected chi connectivity index (χ4v) is 5.46. The number of benzene rings is 1. The zero-order chi connectivity index (χ0) is 21.3. The van der Waals surface area contributed by atoms with Crippen LogP contribution in [-0.4, -0.2) is 78.0 Å². The van der Waals surface area contributed by atoms with Crippen molar-refractivity contribution in [2.75, 3.05) is 57.6 Å². The van der Waals surface area contributed by atoms with Gasteiger partial charge in [0.2, 0.25) is 11.9 Å². The van der Waals surface area contributed by atoms with Gasteiger partial charge in [0.25, 0.3) is 0 Å². The van der Waals surface area contributed by atoms with Crippen LogP contribution in [0.4, 0.5) is 5.95 Å². The van der Waals surface area contributed by atoms with E-state index in [-0.39, 0.29) is 6.17 Å². The van der Waals surface area contributed by atoms with Crippen LogP contribution in [0.5, 0.6) is 0 Å². The third kappa shape index (κ3) is 3.80. The van der Waals surface area contributed by atoms with Gasteiger partial charge in [-0.25, -0.2) is 9.98 Å². The zero-order valence-electron chi connectivity index (χ0n) is 18.7. The molecule has 2 unspecified atom stereocenters. The van der Waals surface area contributed by atoms with Crippen molar-refractivity contribution in [2.24, 2.45) is 10.9 Å². The minimum absolute atomic E-state index is 0.199. The minimum atomic E-state index is 0.199. The maximum absolute atomic E-state index is 5.47. The van der Waals surface area contributed by atoms with Crippen LogP contribution in [0.1, 0.15) is 31.8 Å². The maximum atomic E-state index is 5.47. The number of allylic oxidation sites excluding steroid dienone is 2. The van der Waals surface area contributed by atoms with Gasteiger partial charge >= 0.3 is 0 Å². The molecule has 2 aromatic rings. The summed E-state index contributed by atoms with van der Waals surface area (Å²) in [7, 11) is 0. The summed E-state index contributed by atoms with van der Waals surface area (Å²) >= 11 is 0. The Labute approximate surface area is 189 Å². The molecule has 1 N–H and O–H groups in total. The van der Waals surface area contributed by atoms with Gasteiger partial charge in [-0.15, -0.1) is 0 Å². The van der Waals surface area contributed by atoms with Crippen molar-refractivity contribution in [1.29, 1.82) is 0 Å². The fourth-order valence-electron chi connectivity index (χ4n) is 5.46. The first-order valence-corrected chi connectivity index (χ1v) is 12.1. The van der Waals surface area contributed by atoms with E-state index < -0.39 is 0 Å². The average Bonchev–Trinajstić information content (AvgIpc) is 3.25. The smallest absolute Gasteiger partial charge is 0.216 e. The molecule has 1 saturated heterocycles. The second-order valence-electron chi connectivity index (χ2n) is 9.30. The summed E-state index contributed by atoms with van der Waals surface area (Å²) in [4.78, 5) is 17.2. The number of para-hydroxylation sites is 2. The number of morpholine rings is 1. The van der Waals surface area contributed by atoms with Crippen LogP contribution in [0.3, 0.4) is 0 Å². The van der Waals surface area contributed by atoms with Crippen molar-refractivity contribution >= 4 is 22.9 Å². The first-order valence-electron chi connectivity index (χ1n) is 12.1. The molecule has 4 heterocycles. The minimum Gasteiger partial charge on any atom is -0.379 e. The number of hydrogen-bond acceptors (Lipinski definition) is 7. The van der Waals surface area contributed by atoms with E-state index >= 15 is 0 Å². The lowest BCUT2D eigenvalue weighted by molar-refractivity contribution is 0.0361. The van der Waals surface area contributed by atoms with Crippen molar-refractivity contribution in [1.82, 2.24) is 24.7 Å². The van der Waals surface area contributed by atoms with Crippen LogP contribution in [0.2, 0.25) is 0 Å². The normalized spacial score (nSPS) is 26.5. The molecule has 1 aliphatic carbocycles. The van der Waals surface area contributed by atoms with E-state index in [0.29, 0.717) is 5.92 Å². The molecule has 0 saturated carbocycles. The van der Waals surface area contributed by atoms with Gasteiger partial charge in [0.15, 0.2) is 0 Å². The van der Waals surface area contributed by atoms with E-state index in [1.165, 1.54) is 11.9 Å². The summed E-state index contributed by atoms with van der Waals surface area (Å²) in [5, 5.41) is 3.80. The number of nitrogens with zero attached hydrogens (tertiary/aromatic N) is 6. The quantitative estimate of drug-likeness (QED) is 0.729. The molecule has 32 heavy (non-hydrogen) atoms. The van der Waals surface area contributed by atoms with Gasteiger partial charge in [-0.3, -0.25) is 19.3 Å². The van der Waals surface area contributed by atoms with Gasteiger partial charge in [0.1, 0.15) is 6.17 Å². The Kier molecular flexibility index (Phi) is 5.58. The molecule has 1 aromatic carbocycles. The van der Waals surface area contributed by atoms with Crippen LogP contribution in [0.25, 0.3) is 11.0 Å². The van der Waals surface area contributed by atoms with E-state index in [9.17, 15) is 0 Å². The number of nitrogens with one attached hydrogen (secondary N) is 1. The summed E-state index contributed by atoms with van der Waals surface area (Å²) in [5.41, 5.74) is 2.27. The number of fused-ring (bicyclic) bond motifs is 5. The summed E-state index contributed by atoms with van der Waals surface area (Å²) in [6.07, 6.45) is 9.44. The Morgan fingerprint density at radius 2 is 1.94 bits per heavy atom. The third-order valence-electron chi connectivity index (χ3n) is 7.20. The third-order valence-corrected chi connectivity index (χ3v) is 7.20. The SMILES string of the molecule is C1=CCC(C2NC3=NCN(CCCN4CCOCC4)CN3c3nc4ccccc4n32)CC1. The summed E-state index contributed by atoms with van der Waals surface area (Å²) in [6, 6.07) is 8.52. The van der Waals surface area contributed by atoms with E-state index in [0.717, 1.165) is 89.4 Å². The Morgan fingerprint density at radius 1 is 1.06 bits per heavy atom. The molecular formula is C24H33N7O. The number of hydrogen-bond donors (Lipinski definition) is 1. The molecule has 0 bridgehead atoms. The van der Waals surface area contributed by atoms with Crippen LogP contribution in [0.15, 0.2) is 41.4 Å². The lowest BCUT2D eigenvalue weighted by atomic mass is 9.91. The van der Waals surface area contributed by atoms with Gasteiger partial charge in [-0.2, -0.15) is 0 Å². The van der Waals surface area contributed by atoms with Gasteiger partial charge in [0.05, 0.1) is 37.6 Å². The number of anilines is 1. The molecule has 1 aromatic heterocycles. The van der Waals surface area contributed by atoms with E-state index in [1.54, 1.807) is 0 Å². The number of aromatic nitrogens is 2. The van der Waals surface area contributed by atoms with E-state index in [2.05, 4.69) is 61.0 Å². The number of ether oxygens (including phenoxy) is 1. The monoisotopic (exact) mass is 435 g/mol. The lowest BCUT2D eigenvalue weighted by Gasteiger charge is -2.44. The van der Waals surface area contributed by atoms with Gasteiger partial charge < -0.3 is 10.1 Å². The van der Waals surface area contributed by atoms with Gasteiger partial charge in [-0.05, 0) is 44.4 Å². The number of rotatable bonds is 5. The lowest BCUT2D eigenvalue weighted by Crippen LogP contribution is -2.58. The second-order valence-corrected chi connectivity index (χ2v) is 9.30. The first-order chi connectivity index (χ1) is 15.9. The molecule has 8 nitrogen and oxygen atoms in total. The molecule has 8 heteroatoms. The first kappa shape index (κ1) is 20.2. The average molecular weight is 436 g/mol. The van der Waals surface area contributed by atoms with Crippen LogP contribution in [0, 0.1) is 5.92 Å². The van der Waals surface area contributed by atoms with Crippen molar-refractivity contribution < 1.29 is 4.74 Å². The number of guanidine groups is 1. The summed E-state index contributed by atoms with van der Waals surface area (Å²) < 4.78 is 7.90. The molecule has 1 fully saturated rings. The molecule has 0 radical (unpaired) electrons. The number of aliphatic imine (C=N–C) groups is 1. The largest absolute Gasteiger partial charge is 0.379 e. The second kappa shape index (κ2) is 8.84. The van der Waals surface area contributed by atoms with Crippen molar-refractivity contribution in [3.8, 4) is 0 Å². The molecule has 0 spiro atoms. The topological polar surface area (TPSA) is 61.2 Å². The summed E-state index contributed by atoms with van der Waals surface area (Å²) in [5.74, 6) is 2.56. The maximum Gasteiger partial charge on any atom is 0.216 e.